The van der Waals surface area contributed by atoms with E-state index in [1.165, 1.54) is 0 Å². The lowest BCUT2D eigenvalue weighted by molar-refractivity contribution is -0.140. The van der Waals surface area contributed by atoms with Gasteiger partial charge in [-0.25, -0.2) is 4.98 Å². The van der Waals surface area contributed by atoms with Crippen molar-refractivity contribution < 1.29 is 9.90 Å². The number of nitrogens with one attached hydrogen (secondary N) is 1. The number of carboxylic acid groups (broad SMARTS) is 1. The molecule has 0 spiro atoms. The Morgan fingerprint density at radius 2 is 2.50 bits per heavy atom. The molecular formula is C9H11N5O2. The Bertz CT molecular complexity index is 509. The molecule has 0 amide bonds. The highest BCUT2D eigenvalue weighted by atomic mass is 16.4. The molecule has 2 rings (SSSR count). The van der Waals surface area contributed by atoms with E-state index in [0.29, 0.717) is 18.0 Å². The van der Waals surface area contributed by atoms with E-state index in [1.54, 1.807) is 30.0 Å². The van der Waals surface area contributed by atoms with Crippen LogP contribution in [0.1, 0.15) is 6.92 Å². The van der Waals surface area contributed by atoms with Gasteiger partial charge in [0.1, 0.15) is 6.33 Å². The molecule has 0 aromatic carbocycles. The van der Waals surface area contributed by atoms with Crippen LogP contribution in [0.4, 0.5) is 5.82 Å². The molecular weight excluding hydrogens is 210 g/mol. The van der Waals surface area contributed by atoms with Crippen molar-refractivity contribution in [1.82, 2.24) is 19.6 Å². The Kier molecular flexibility index (Phi) is 2.67. The topological polar surface area (TPSA) is 92.4 Å². The molecule has 1 unspecified atom stereocenters. The minimum Gasteiger partial charge on any atom is -0.481 e. The summed E-state index contributed by atoms with van der Waals surface area (Å²) in [4.78, 5) is 14.7. The van der Waals surface area contributed by atoms with E-state index in [9.17, 15) is 4.79 Å². The predicted molar refractivity (Wildman–Crippen MR) is 56.1 cm³/mol. The molecule has 0 saturated heterocycles. The maximum atomic E-state index is 10.6. The molecule has 0 fully saturated rings. The number of fused-ring (bicyclic) bond motifs is 1. The van der Waals surface area contributed by atoms with Gasteiger partial charge in [0.2, 0.25) is 5.65 Å². The average Bonchev–Trinajstić information content (AvgIpc) is 2.73. The molecule has 2 heterocycles. The summed E-state index contributed by atoms with van der Waals surface area (Å²) in [5.41, 5.74) is 0.583. The zero-order chi connectivity index (χ0) is 11.5. The van der Waals surface area contributed by atoms with Crippen LogP contribution in [-0.2, 0) is 4.79 Å². The molecule has 1 atom stereocenters. The van der Waals surface area contributed by atoms with E-state index in [0.717, 1.165) is 0 Å². The summed E-state index contributed by atoms with van der Waals surface area (Å²) in [7, 11) is 0. The fourth-order valence-electron chi connectivity index (χ4n) is 1.22. The van der Waals surface area contributed by atoms with E-state index < -0.39 is 11.9 Å². The van der Waals surface area contributed by atoms with Gasteiger partial charge in [0.15, 0.2) is 5.82 Å². The van der Waals surface area contributed by atoms with Crippen LogP contribution in [0, 0.1) is 5.92 Å². The molecule has 16 heavy (non-hydrogen) atoms. The summed E-state index contributed by atoms with van der Waals surface area (Å²) in [5.74, 6) is -0.793. The third kappa shape index (κ3) is 1.92. The minimum atomic E-state index is -0.846. The van der Waals surface area contributed by atoms with Crippen molar-refractivity contribution in [2.45, 2.75) is 6.92 Å². The molecule has 0 aliphatic heterocycles. The van der Waals surface area contributed by atoms with Gasteiger partial charge in [0, 0.05) is 18.9 Å². The van der Waals surface area contributed by atoms with Crippen LogP contribution in [0.25, 0.3) is 5.65 Å². The SMILES string of the molecule is CC(CNc1nccn2cnnc12)C(=O)O. The van der Waals surface area contributed by atoms with Crippen molar-refractivity contribution in [1.29, 1.82) is 0 Å². The summed E-state index contributed by atoms with van der Waals surface area (Å²) in [6.07, 6.45) is 4.88. The van der Waals surface area contributed by atoms with Gasteiger partial charge in [0.05, 0.1) is 5.92 Å². The summed E-state index contributed by atoms with van der Waals surface area (Å²) >= 11 is 0. The Morgan fingerprint density at radius 1 is 1.69 bits per heavy atom. The number of aliphatic carboxylic acids is 1. The lowest BCUT2D eigenvalue weighted by atomic mass is 10.2. The van der Waals surface area contributed by atoms with Crippen LogP contribution in [0.15, 0.2) is 18.7 Å². The van der Waals surface area contributed by atoms with Crippen LogP contribution in [0.2, 0.25) is 0 Å². The second-order valence-electron chi connectivity index (χ2n) is 3.46. The highest BCUT2D eigenvalue weighted by Crippen LogP contribution is 2.10. The number of hydrogen-bond acceptors (Lipinski definition) is 5. The van der Waals surface area contributed by atoms with Gasteiger partial charge in [-0.3, -0.25) is 9.20 Å². The summed E-state index contributed by atoms with van der Waals surface area (Å²) in [6.45, 7) is 1.92. The number of nitrogens with zero attached hydrogens (tertiary/aromatic N) is 4. The largest absolute Gasteiger partial charge is 0.481 e. The van der Waals surface area contributed by atoms with Crippen LogP contribution in [0.3, 0.4) is 0 Å². The summed E-state index contributed by atoms with van der Waals surface area (Å²) in [6, 6.07) is 0. The van der Waals surface area contributed by atoms with E-state index in [-0.39, 0.29) is 0 Å². The summed E-state index contributed by atoms with van der Waals surface area (Å²) in [5, 5.41) is 19.3. The van der Waals surface area contributed by atoms with Gasteiger partial charge >= 0.3 is 5.97 Å². The predicted octanol–water partition coefficient (Wildman–Crippen LogP) is 0.257. The Labute approximate surface area is 91.1 Å². The maximum Gasteiger partial charge on any atom is 0.308 e. The average molecular weight is 221 g/mol. The molecule has 0 aliphatic carbocycles. The molecule has 7 heteroatoms. The smallest absolute Gasteiger partial charge is 0.308 e. The van der Waals surface area contributed by atoms with E-state index in [1.807, 2.05) is 0 Å². The highest BCUT2D eigenvalue weighted by molar-refractivity contribution is 5.71. The number of hydrogen-bond donors (Lipinski definition) is 2. The lowest BCUT2D eigenvalue weighted by Gasteiger charge is -2.08. The molecule has 0 saturated carbocycles. The van der Waals surface area contributed by atoms with Crippen molar-refractivity contribution in [2.75, 3.05) is 11.9 Å². The molecule has 2 aromatic heterocycles. The monoisotopic (exact) mass is 221 g/mol. The van der Waals surface area contributed by atoms with Gasteiger partial charge in [-0.15, -0.1) is 10.2 Å². The molecule has 2 N–H and O–H groups in total. The zero-order valence-electron chi connectivity index (χ0n) is 8.66. The Morgan fingerprint density at radius 3 is 3.25 bits per heavy atom. The first-order valence-corrected chi connectivity index (χ1v) is 4.79. The number of anilines is 1. The zero-order valence-corrected chi connectivity index (χ0v) is 8.66. The van der Waals surface area contributed by atoms with Crippen molar-refractivity contribution in [3.8, 4) is 0 Å². The van der Waals surface area contributed by atoms with Crippen LogP contribution in [0.5, 0.6) is 0 Å². The molecule has 0 aliphatic rings. The van der Waals surface area contributed by atoms with E-state index in [4.69, 9.17) is 5.11 Å². The fourth-order valence-corrected chi connectivity index (χ4v) is 1.22. The second kappa shape index (κ2) is 4.13. The first-order chi connectivity index (χ1) is 7.68. The van der Waals surface area contributed by atoms with Crippen LogP contribution in [-0.4, -0.2) is 37.2 Å². The quantitative estimate of drug-likeness (QED) is 0.769. The Hall–Kier alpha value is -2.18. The van der Waals surface area contributed by atoms with E-state index in [2.05, 4.69) is 20.5 Å². The van der Waals surface area contributed by atoms with Crippen molar-refractivity contribution in [2.24, 2.45) is 5.92 Å². The molecule has 7 nitrogen and oxygen atoms in total. The van der Waals surface area contributed by atoms with Crippen LogP contribution < -0.4 is 5.32 Å². The third-order valence-corrected chi connectivity index (χ3v) is 2.21. The van der Waals surface area contributed by atoms with Gasteiger partial charge in [-0.1, -0.05) is 6.92 Å². The van der Waals surface area contributed by atoms with Crippen molar-refractivity contribution in [3.63, 3.8) is 0 Å². The van der Waals surface area contributed by atoms with E-state index >= 15 is 0 Å². The minimum absolute atomic E-state index is 0.300. The first-order valence-electron chi connectivity index (χ1n) is 4.79. The highest BCUT2D eigenvalue weighted by Gasteiger charge is 2.12. The number of carboxylic acids is 1. The van der Waals surface area contributed by atoms with Crippen molar-refractivity contribution in [3.05, 3.63) is 18.7 Å². The third-order valence-electron chi connectivity index (χ3n) is 2.21. The lowest BCUT2D eigenvalue weighted by Crippen LogP contribution is -2.20. The summed E-state index contributed by atoms with van der Waals surface area (Å²) < 4.78 is 1.71. The fraction of sp³-hybridized carbons (Fsp3) is 0.333. The van der Waals surface area contributed by atoms with Gasteiger partial charge < -0.3 is 10.4 Å². The molecule has 2 aromatic rings. The molecule has 84 valence electrons. The number of carbonyl (C=O) groups is 1. The Balaban J connectivity index is 2.15. The van der Waals surface area contributed by atoms with Gasteiger partial charge in [-0.05, 0) is 0 Å². The van der Waals surface area contributed by atoms with Crippen LogP contribution >= 0.6 is 0 Å². The van der Waals surface area contributed by atoms with Gasteiger partial charge in [0.25, 0.3) is 0 Å². The van der Waals surface area contributed by atoms with Crippen molar-refractivity contribution >= 4 is 17.4 Å². The van der Waals surface area contributed by atoms with Gasteiger partial charge in [-0.2, -0.15) is 0 Å². The second-order valence-corrected chi connectivity index (χ2v) is 3.46. The normalized spacial score (nSPS) is 12.6. The molecule has 0 radical (unpaired) electrons. The number of rotatable bonds is 4. The number of aromatic nitrogens is 4. The first kappa shape index (κ1) is 10.3. The maximum absolute atomic E-state index is 10.6. The standard InChI is InChI=1S/C9H11N5O2/c1-6(9(15)16)4-11-7-8-13-12-5-14(8)3-2-10-7/h2-3,5-6H,4H2,1H3,(H,10,11)(H,15,16). The molecule has 0 bridgehead atoms.